The van der Waals surface area contributed by atoms with Gasteiger partial charge in [-0.25, -0.2) is 19.4 Å². The predicted octanol–water partition coefficient (Wildman–Crippen LogP) is 4.76. The molecule has 0 spiro atoms. The van der Waals surface area contributed by atoms with Gasteiger partial charge in [-0.3, -0.25) is 9.48 Å². The molecule has 3 heterocycles. The van der Waals surface area contributed by atoms with Crippen LogP contribution in [0.5, 0.6) is 0 Å². The number of methoxy groups -OCH3 is 1. The van der Waals surface area contributed by atoms with Crippen LogP contribution in [0.1, 0.15) is 43.0 Å². The monoisotopic (exact) mass is 483 g/mol. The molecule has 0 saturated carbocycles. The lowest BCUT2D eigenvalue weighted by molar-refractivity contribution is -0.146. The SMILES string of the molecule is COC(=O)[C@@H]1CCCn2c(-c3ccnc(N[C@@H](C)c4ccccc4)n3)c(-c3ccc(C)cc3)c(=O)n21. The van der Waals surface area contributed by atoms with Crippen LogP contribution in [0.25, 0.3) is 22.5 Å². The molecule has 2 aromatic carbocycles. The summed E-state index contributed by atoms with van der Waals surface area (Å²) in [5.74, 6) is 0.0475. The smallest absolute Gasteiger partial charge is 0.330 e. The van der Waals surface area contributed by atoms with E-state index < -0.39 is 12.0 Å². The van der Waals surface area contributed by atoms with Gasteiger partial charge in [-0.2, -0.15) is 0 Å². The van der Waals surface area contributed by atoms with Gasteiger partial charge in [0.25, 0.3) is 5.56 Å². The van der Waals surface area contributed by atoms with E-state index in [-0.39, 0.29) is 11.6 Å². The van der Waals surface area contributed by atoms with Gasteiger partial charge in [0.05, 0.1) is 30.1 Å². The van der Waals surface area contributed by atoms with Gasteiger partial charge >= 0.3 is 5.97 Å². The number of nitrogens with one attached hydrogen (secondary N) is 1. The van der Waals surface area contributed by atoms with E-state index in [2.05, 4.69) is 17.2 Å². The number of aryl methyl sites for hydroxylation is 1. The van der Waals surface area contributed by atoms with E-state index in [0.717, 1.165) is 23.1 Å². The van der Waals surface area contributed by atoms with Crippen molar-refractivity contribution in [2.75, 3.05) is 12.4 Å². The van der Waals surface area contributed by atoms with Crippen molar-refractivity contribution >= 4 is 11.9 Å². The number of nitrogens with zero attached hydrogens (tertiary/aromatic N) is 4. The standard InChI is InChI=1S/C28H29N5O3/c1-18-11-13-21(14-12-18)24-25(32-17-7-10-23(27(35)36-3)33(32)26(24)34)22-15-16-29-28(31-22)30-19(2)20-8-5-4-6-9-20/h4-6,8-9,11-16,19,23H,7,10,17H2,1-3H3,(H,29,30,31)/t19-,23-/m0/s1. The van der Waals surface area contributed by atoms with Crippen LogP contribution in [0.4, 0.5) is 5.95 Å². The molecule has 8 heteroatoms. The minimum Gasteiger partial charge on any atom is -0.467 e. The highest BCUT2D eigenvalue weighted by molar-refractivity contribution is 5.81. The molecule has 0 unspecified atom stereocenters. The first-order valence-corrected chi connectivity index (χ1v) is 12.1. The molecular weight excluding hydrogens is 454 g/mol. The first-order valence-electron chi connectivity index (χ1n) is 12.1. The maximum atomic E-state index is 13.8. The summed E-state index contributed by atoms with van der Waals surface area (Å²) in [5, 5.41) is 3.37. The Morgan fingerprint density at radius 1 is 1.11 bits per heavy atom. The minimum absolute atomic E-state index is 0.00704. The van der Waals surface area contributed by atoms with E-state index in [0.29, 0.717) is 35.9 Å². The Balaban J connectivity index is 1.65. The predicted molar refractivity (Wildman–Crippen MR) is 139 cm³/mol. The van der Waals surface area contributed by atoms with Crippen LogP contribution in [0, 0.1) is 6.92 Å². The molecule has 36 heavy (non-hydrogen) atoms. The van der Waals surface area contributed by atoms with E-state index in [1.54, 1.807) is 16.9 Å². The number of carbonyl (C=O) groups excluding carboxylic acids is 1. The lowest BCUT2D eigenvalue weighted by Gasteiger charge is -2.26. The van der Waals surface area contributed by atoms with Crippen LogP contribution in [0.3, 0.4) is 0 Å². The second-order valence-corrected chi connectivity index (χ2v) is 9.09. The molecule has 8 nitrogen and oxygen atoms in total. The number of carbonyl (C=O) groups is 1. The molecule has 184 valence electrons. The van der Waals surface area contributed by atoms with Crippen LogP contribution in [-0.4, -0.2) is 32.4 Å². The van der Waals surface area contributed by atoms with Crippen molar-refractivity contribution in [3.8, 4) is 22.5 Å². The number of anilines is 1. The Labute approximate surface area is 209 Å². The van der Waals surface area contributed by atoms with Gasteiger partial charge in [0, 0.05) is 12.7 Å². The van der Waals surface area contributed by atoms with Crippen LogP contribution >= 0.6 is 0 Å². The largest absolute Gasteiger partial charge is 0.467 e. The number of ether oxygens (including phenoxy) is 1. The topological polar surface area (TPSA) is 91.0 Å². The number of benzene rings is 2. The molecule has 0 radical (unpaired) electrons. The Bertz CT molecular complexity index is 1440. The number of fused-ring (bicyclic) bond motifs is 1. The zero-order valence-electron chi connectivity index (χ0n) is 20.6. The highest BCUT2D eigenvalue weighted by Crippen LogP contribution is 2.34. The normalized spacial score (nSPS) is 15.7. The summed E-state index contributed by atoms with van der Waals surface area (Å²) in [6.07, 6.45) is 2.99. The van der Waals surface area contributed by atoms with Crippen molar-refractivity contribution < 1.29 is 9.53 Å². The lowest BCUT2D eigenvalue weighted by atomic mass is 10.0. The number of hydrogen-bond donors (Lipinski definition) is 1. The molecule has 1 N–H and O–H groups in total. The van der Waals surface area contributed by atoms with Gasteiger partial charge in [-0.15, -0.1) is 0 Å². The zero-order chi connectivity index (χ0) is 25.2. The van der Waals surface area contributed by atoms with Gasteiger partial charge in [-0.1, -0.05) is 60.2 Å². The molecule has 0 aliphatic carbocycles. The van der Waals surface area contributed by atoms with Crippen molar-refractivity contribution in [1.82, 2.24) is 19.3 Å². The van der Waals surface area contributed by atoms with Crippen LogP contribution in [-0.2, 0) is 16.1 Å². The Morgan fingerprint density at radius 3 is 2.58 bits per heavy atom. The van der Waals surface area contributed by atoms with Crippen molar-refractivity contribution in [3.63, 3.8) is 0 Å². The average molecular weight is 484 g/mol. The molecule has 1 aliphatic rings. The fourth-order valence-corrected chi connectivity index (χ4v) is 4.82. The summed E-state index contributed by atoms with van der Waals surface area (Å²) >= 11 is 0. The van der Waals surface area contributed by atoms with E-state index >= 15 is 0 Å². The highest BCUT2D eigenvalue weighted by Gasteiger charge is 2.34. The third-order valence-electron chi connectivity index (χ3n) is 6.68. The number of hydrogen-bond acceptors (Lipinski definition) is 6. The summed E-state index contributed by atoms with van der Waals surface area (Å²) in [4.78, 5) is 35.7. The number of rotatable bonds is 6. The molecule has 0 bridgehead atoms. The van der Waals surface area contributed by atoms with Gasteiger partial charge in [0.15, 0.2) is 6.04 Å². The summed E-state index contributed by atoms with van der Waals surface area (Å²) in [5.41, 5.74) is 4.58. The van der Waals surface area contributed by atoms with Crippen LogP contribution in [0.2, 0.25) is 0 Å². The van der Waals surface area contributed by atoms with Gasteiger partial charge in [-0.05, 0) is 43.9 Å². The number of esters is 1. The first kappa shape index (κ1) is 23.5. The number of aromatic nitrogens is 4. The highest BCUT2D eigenvalue weighted by atomic mass is 16.5. The van der Waals surface area contributed by atoms with Crippen molar-refractivity contribution in [3.05, 3.63) is 88.3 Å². The van der Waals surface area contributed by atoms with Crippen molar-refractivity contribution in [2.24, 2.45) is 0 Å². The molecule has 5 rings (SSSR count). The third kappa shape index (κ3) is 4.30. The molecule has 0 fully saturated rings. The summed E-state index contributed by atoms with van der Waals surface area (Å²) < 4.78 is 8.46. The molecular formula is C28H29N5O3. The van der Waals surface area contributed by atoms with E-state index in [1.165, 1.54) is 7.11 Å². The first-order chi connectivity index (χ1) is 17.5. The van der Waals surface area contributed by atoms with E-state index in [9.17, 15) is 9.59 Å². The molecule has 2 atom stereocenters. The van der Waals surface area contributed by atoms with Gasteiger partial charge in [0.1, 0.15) is 0 Å². The summed E-state index contributed by atoms with van der Waals surface area (Å²) in [6, 6.07) is 19.0. The Hall–Kier alpha value is -4.20. The lowest BCUT2D eigenvalue weighted by Crippen LogP contribution is -2.37. The molecule has 0 saturated heterocycles. The van der Waals surface area contributed by atoms with E-state index in [1.807, 2.05) is 66.2 Å². The molecule has 0 amide bonds. The maximum Gasteiger partial charge on any atom is 0.330 e. The second-order valence-electron chi connectivity index (χ2n) is 9.09. The quantitative estimate of drug-likeness (QED) is 0.398. The van der Waals surface area contributed by atoms with Gasteiger partial charge < -0.3 is 10.1 Å². The maximum absolute atomic E-state index is 13.8. The van der Waals surface area contributed by atoms with Gasteiger partial charge in [0.2, 0.25) is 5.95 Å². The Morgan fingerprint density at radius 2 is 1.86 bits per heavy atom. The fraction of sp³-hybridized carbons (Fsp3) is 0.286. The Kier molecular flexibility index (Phi) is 6.41. The average Bonchev–Trinajstić information content (AvgIpc) is 3.21. The van der Waals surface area contributed by atoms with E-state index in [4.69, 9.17) is 9.72 Å². The zero-order valence-corrected chi connectivity index (χ0v) is 20.6. The molecule has 4 aromatic rings. The van der Waals surface area contributed by atoms with Crippen LogP contribution in [0.15, 0.2) is 71.7 Å². The molecule has 2 aromatic heterocycles. The second kappa shape index (κ2) is 9.81. The third-order valence-corrected chi connectivity index (χ3v) is 6.68. The summed E-state index contributed by atoms with van der Waals surface area (Å²) in [7, 11) is 1.35. The van der Waals surface area contributed by atoms with Crippen molar-refractivity contribution in [1.29, 1.82) is 0 Å². The van der Waals surface area contributed by atoms with Crippen LogP contribution < -0.4 is 10.9 Å². The molecule has 1 aliphatic heterocycles. The summed E-state index contributed by atoms with van der Waals surface area (Å²) in [6.45, 7) is 4.65. The fourth-order valence-electron chi connectivity index (χ4n) is 4.82. The van der Waals surface area contributed by atoms with Crippen molar-refractivity contribution in [2.45, 2.75) is 45.3 Å². The minimum atomic E-state index is -0.674.